The minimum atomic E-state index is -3.46. The second-order valence-corrected chi connectivity index (χ2v) is 9.49. The summed E-state index contributed by atoms with van der Waals surface area (Å²) in [4.78, 5) is 14.7. The summed E-state index contributed by atoms with van der Waals surface area (Å²) in [5, 5.41) is 4.05. The SMILES string of the molecule is CN(C)C(CNC(=O)CCS(=O)(=O)c1ccccc1)c1cn(C)c2ccccc12. The smallest absolute Gasteiger partial charge is 0.221 e. The largest absolute Gasteiger partial charge is 0.354 e. The van der Waals surface area contributed by atoms with Crippen LogP contribution in [0.3, 0.4) is 0 Å². The molecular weight excluding hydrogens is 386 g/mol. The number of aromatic nitrogens is 1. The van der Waals surface area contributed by atoms with Gasteiger partial charge in [-0.3, -0.25) is 4.79 Å². The summed E-state index contributed by atoms with van der Waals surface area (Å²) in [6, 6.07) is 16.4. The fraction of sp³-hybridized carbons (Fsp3) is 0.318. The molecule has 7 heteroatoms. The number of fused-ring (bicyclic) bond motifs is 1. The van der Waals surface area contributed by atoms with Crippen molar-refractivity contribution < 1.29 is 13.2 Å². The average molecular weight is 414 g/mol. The zero-order chi connectivity index (χ0) is 21.0. The van der Waals surface area contributed by atoms with Crippen molar-refractivity contribution in [3.8, 4) is 0 Å². The minimum Gasteiger partial charge on any atom is -0.354 e. The Morgan fingerprint density at radius 1 is 1.07 bits per heavy atom. The van der Waals surface area contributed by atoms with E-state index in [1.807, 2.05) is 33.3 Å². The van der Waals surface area contributed by atoms with Crippen LogP contribution in [0.4, 0.5) is 0 Å². The van der Waals surface area contributed by atoms with Gasteiger partial charge in [-0.25, -0.2) is 8.42 Å². The van der Waals surface area contributed by atoms with Crippen molar-refractivity contribution in [3.05, 3.63) is 66.4 Å². The Kier molecular flexibility index (Phi) is 6.39. The summed E-state index contributed by atoms with van der Waals surface area (Å²) in [6.07, 6.45) is 2.02. The van der Waals surface area contributed by atoms with Gasteiger partial charge >= 0.3 is 0 Å². The first-order chi connectivity index (χ1) is 13.8. The maximum Gasteiger partial charge on any atom is 0.221 e. The zero-order valence-electron chi connectivity index (χ0n) is 17.0. The topological polar surface area (TPSA) is 71.4 Å². The second kappa shape index (κ2) is 8.80. The second-order valence-electron chi connectivity index (χ2n) is 7.38. The van der Waals surface area contributed by atoms with Crippen molar-refractivity contribution in [2.75, 3.05) is 26.4 Å². The molecule has 1 aromatic heterocycles. The molecule has 0 bridgehead atoms. The maximum absolute atomic E-state index is 12.4. The van der Waals surface area contributed by atoms with Crippen LogP contribution in [0.15, 0.2) is 65.7 Å². The summed E-state index contributed by atoms with van der Waals surface area (Å²) >= 11 is 0. The van der Waals surface area contributed by atoms with Gasteiger partial charge in [-0.05, 0) is 37.9 Å². The quantitative estimate of drug-likeness (QED) is 0.616. The maximum atomic E-state index is 12.4. The number of sulfone groups is 1. The lowest BCUT2D eigenvalue weighted by Gasteiger charge is -2.24. The summed E-state index contributed by atoms with van der Waals surface area (Å²) in [5.74, 6) is -0.472. The standard InChI is InChI=1S/C22H27N3O3S/c1-24(2)21(19-16-25(3)20-12-8-7-11-18(19)20)15-23-22(26)13-14-29(27,28)17-9-5-4-6-10-17/h4-12,16,21H,13-15H2,1-3H3,(H,23,26). The molecule has 29 heavy (non-hydrogen) atoms. The van der Waals surface area contributed by atoms with E-state index in [0.717, 1.165) is 16.5 Å². The van der Waals surface area contributed by atoms with Crippen molar-refractivity contribution >= 4 is 26.6 Å². The molecule has 0 fully saturated rings. The number of para-hydroxylation sites is 1. The van der Waals surface area contributed by atoms with Gasteiger partial charge in [0.15, 0.2) is 9.84 Å². The lowest BCUT2D eigenvalue weighted by molar-refractivity contribution is -0.120. The normalized spacial score (nSPS) is 13.0. The van der Waals surface area contributed by atoms with E-state index in [-0.39, 0.29) is 29.0 Å². The highest BCUT2D eigenvalue weighted by Crippen LogP contribution is 2.28. The Balaban J connectivity index is 1.66. The van der Waals surface area contributed by atoms with Gasteiger partial charge in [0.25, 0.3) is 0 Å². The number of carbonyl (C=O) groups excluding carboxylic acids is 1. The summed E-state index contributed by atoms with van der Waals surface area (Å²) in [7, 11) is 2.48. The van der Waals surface area contributed by atoms with E-state index in [0.29, 0.717) is 6.54 Å². The highest BCUT2D eigenvalue weighted by Gasteiger charge is 2.21. The fourth-order valence-corrected chi connectivity index (χ4v) is 4.74. The molecule has 3 rings (SSSR count). The first kappa shape index (κ1) is 21.1. The molecule has 1 heterocycles. The number of aryl methyl sites for hydroxylation is 1. The summed E-state index contributed by atoms with van der Waals surface area (Å²) in [6.45, 7) is 0.408. The van der Waals surface area contributed by atoms with Crippen LogP contribution in [0.25, 0.3) is 10.9 Å². The summed E-state index contributed by atoms with van der Waals surface area (Å²) < 4.78 is 26.8. The summed E-state index contributed by atoms with van der Waals surface area (Å²) in [5.41, 5.74) is 2.26. The van der Waals surface area contributed by atoms with Gasteiger partial charge in [-0.2, -0.15) is 0 Å². The van der Waals surface area contributed by atoms with E-state index < -0.39 is 9.84 Å². The van der Waals surface area contributed by atoms with Gasteiger partial charge in [-0.1, -0.05) is 36.4 Å². The molecule has 1 atom stereocenters. The van der Waals surface area contributed by atoms with Gasteiger partial charge in [0, 0.05) is 37.1 Å². The molecule has 1 unspecified atom stereocenters. The Labute approximate surface area is 172 Å². The number of rotatable bonds is 8. The number of hydrogen-bond acceptors (Lipinski definition) is 4. The number of amides is 1. The molecule has 0 aliphatic rings. The predicted octanol–water partition coefficient (Wildman–Crippen LogP) is 2.76. The highest BCUT2D eigenvalue weighted by atomic mass is 32.2. The number of benzene rings is 2. The Morgan fingerprint density at radius 2 is 1.72 bits per heavy atom. The van der Waals surface area contributed by atoms with Crippen LogP contribution < -0.4 is 5.32 Å². The molecule has 0 aliphatic heterocycles. The van der Waals surface area contributed by atoms with Gasteiger partial charge in [0.1, 0.15) is 0 Å². The molecule has 6 nitrogen and oxygen atoms in total. The van der Waals surface area contributed by atoms with E-state index in [1.165, 1.54) is 0 Å². The van der Waals surface area contributed by atoms with Crippen LogP contribution in [0.2, 0.25) is 0 Å². The van der Waals surface area contributed by atoms with E-state index in [2.05, 4.69) is 33.1 Å². The highest BCUT2D eigenvalue weighted by molar-refractivity contribution is 7.91. The number of nitrogens with one attached hydrogen (secondary N) is 1. The fourth-order valence-electron chi connectivity index (χ4n) is 3.48. The zero-order valence-corrected chi connectivity index (χ0v) is 17.8. The first-order valence-corrected chi connectivity index (χ1v) is 11.2. The molecule has 0 spiro atoms. The van der Waals surface area contributed by atoms with Gasteiger partial charge in [-0.15, -0.1) is 0 Å². The number of nitrogens with zero attached hydrogens (tertiary/aromatic N) is 2. The lowest BCUT2D eigenvalue weighted by atomic mass is 10.0. The van der Waals surface area contributed by atoms with Crippen molar-refractivity contribution in [2.45, 2.75) is 17.4 Å². The van der Waals surface area contributed by atoms with Crippen molar-refractivity contribution in [1.29, 1.82) is 0 Å². The van der Waals surface area contributed by atoms with Gasteiger partial charge in [0.2, 0.25) is 5.91 Å². The number of hydrogen-bond donors (Lipinski definition) is 1. The van der Waals surface area contributed by atoms with Crippen molar-refractivity contribution in [3.63, 3.8) is 0 Å². The van der Waals surface area contributed by atoms with Crippen molar-refractivity contribution in [2.24, 2.45) is 7.05 Å². The first-order valence-electron chi connectivity index (χ1n) is 9.54. The molecule has 0 saturated carbocycles. The van der Waals surface area contributed by atoms with E-state index >= 15 is 0 Å². The molecule has 154 valence electrons. The molecule has 0 radical (unpaired) electrons. The van der Waals surface area contributed by atoms with E-state index in [4.69, 9.17) is 0 Å². The van der Waals surface area contributed by atoms with Gasteiger partial charge < -0.3 is 14.8 Å². The number of carbonyl (C=O) groups is 1. The predicted molar refractivity (Wildman–Crippen MR) is 115 cm³/mol. The minimum absolute atomic E-state index is 0.0178. The Morgan fingerprint density at radius 3 is 2.41 bits per heavy atom. The molecule has 3 aromatic rings. The molecule has 1 amide bonds. The molecule has 0 saturated heterocycles. The average Bonchev–Trinajstić information content (AvgIpc) is 3.04. The third-order valence-corrected chi connectivity index (χ3v) is 6.83. The third-order valence-electron chi connectivity index (χ3n) is 5.10. The van der Waals surface area contributed by atoms with Crippen LogP contribution in [0.1, 0.15) is 18.0 Å². The lowest BCUT2D eigenvalue weighted by Crippen LogP contribution is -2.35. The molecule has 0 aliphatic carbocycles. The van der Waals surface area contributed by atoms with Crippen molar-refractivity contribution in [1.82, 2.24) is 14.8 Å². The van der Waals surface area contributed by atoms with Crippen LogP contribution in [-0.4, -0.2) is 50.2 Å². The van der Waals surface area contributed by atoms with Crippen LogP contribution in [-0.2, 0) is 21.7 Å². The van der Waals surface area contributed by atoms with Gasteiger partial charge in [0.05, 0.1) is 16.7 Å². The monoisotopic (exact) mass is 413 g/mol. The Bertz CT molecular complexity index is 1090. The Hall–Kier alpha value is -2.64. The molecular formula is C22H27N3O3S. The van der Waals surface area contributed by atoms with Crippen LogP contribution >= 0.6 is 0 Å². The third kappa shape index (κ3) is 4.86. The van der Waals surface area contributed by atoms with E-state index in [1.54, 1.807) is 30.3 Å². The number of likely N-dealkylation sites (N-methyl/N-ethyl adjacent to an activating group) is 1. The van der Waals surface area contributed by atoms with E-state index in [9.17, 15) is 13.2 Å². The van der Waals surface area contributed by atoms with Crippen LogP contribution in [0, 0.1) is 0 Å². The molecule has 2 aromatic carbocycles. The van der Waals surface area contributed by atoms with Crippen LogP contribution in [0.5, 0.6) is 0 Å². The molecule has 1 N–H and O–H groups in total.